The summed E-state index contributed by atoms with van der Waals surface area (Å²) in [6.45, 7) is 2.37. The van der Waals surface area contributed by atoms with Gasteiger partial charge in [-0.15, -0.1) is 0 Å². The fourth-order valence-corrected chi connectivity index (χ4v) is 2.18. The molecule has 2 rings (SSSR count). The highest BCUT2D eigenvalue weighted by Gasteiger charge is 2.15. The van der Waals surface area contributed by atoms with Crippen LogP contribution in [0.4, 0.5) is 0 Å². The number of aryl methyl sites for hydroxylation is 1. The topological polar surface area (TPSA) is 53.7 Å². The van der Waals surface area contributed by atoms with E-state index in [1.165, 1.54) is 6.07 Å². The minimum atomic E-state index is -0.471. The van der Waals surface area contributed by atoms with Gasteiger partial charge >= 0.3 is 5.63 Å². The molecule has 5 heteroatoms. The first kappa shape index (κ1) is 12.9. The van der Waals surface area contributed by atoms with Gasteiger partial charge in [0.05, 0.1) is 0 Å². The Kier molecular flexibility index (Phi) is 3.32. The molecular formula is C13H14ClNO3. The van der Waals surface area contributed by atoms with Gasteiger partial charge in [-0.25, -0.2) is 4.79 Å². The molecule has 2 aromatic rings. The van der Waals surface area contributed by atoms with Crippen molar-refractivity contribution in [3.63, 3.8) is 0 Å². The predicted octanol–water partition coefficient (Wildman–Crippen LogP) is 2.52. The Morgan fingerprint density at radius 3 is 2.67 bits per heavy atom. The molecule has 1 aromatic carbocycles. The summed E-state index contributed by atoms with van der Waals surface area (Å²) < 4.78 is 5.05. The molecule has 0 atom stereocenters. The van der Waals surface area contributed by atoms with Gasteiger partial charge in [-0.1, -0.05) is 11.6 Å². The lowest BCUT2D eigenvalue weighted by molar-refractivity contribution is 0.386. The second-order valence-corrected chi connectivity index (χ2v) is 4.94. The number of hydrogen-bond acceptors (Lipinski definition) is 4. The van der Waals surface area contributed by atoms with Gasteiger partial charge in [-0.3, -0.25) is 0 Å². The molecule has 0 unspecified atom stereocenters. The van der Waals surface area contributed by atoms with Crippen LogP contribution in [0.25, 0.3) is 11.0 Å². The molecule has 96 valence electrons. The lowest BCUT2D eigenvalue weighted by Gasteiger charge is -2.13. The van der Waals surface area contributed by atoms with Crippen LogP contribution >= 0.6 is 11.6 Å². The van der Waals surface area contributed by atoms with Crippen LogP contribution in [0.5, 0.6) is 5.75 Å². The number of nitrogens with zero attached hydrogens (tertiary/aromatic N) is 1. The summed E-state index contributed by atoms with van der Waals surface area (Å²) >= 11 is 6.06. The normalized spacial score (nSPS) is 11.4. The fourth-order valence-electron chi connectivity index (χ4n) is 1.91. The molecule has 1 aromatic heterocycles. The third-order valence-corrected chi connectivity index (χ3v) is 3.07. The van der Waals surface area contributed by atoms with E-state index in [2.05, 4.69) is 0 Å². The lowest BCUT2D eigenvalue weighted by atomic mass is 10.1. The number of rotatable bonds is 2. The van der Waals surface area contributed by atoms with Gasteiger partial charge in [-0.2, -0.15) is 0 Å². The van der Waals surface area contributed by atoms with Gasteiger partial charge in [0.15, 0.2) is 5.58 Å². The van der Waals surface area contributed by atoms with Crippen molar-refractivity contribution in [3.05, 3.63) is 38.7 Å². The molecule has 0 aliphatic rings. The molecule has 0 aliphatic carbocycles. The highest BCUT2D eigenvalue weighted by molar-refractivity contribution is 6.36. The Bertz CT molecular complexity index is 661. The first-order chi connectivity index (χ1) is 8.40. The zero-order chi connectivity index (χ0) is 13.4. The van der Waals surface area contributed by atoms with Gasteiger partial charge in [-0.05, 0) is 32.6 Å². The van der Waals surface area contributed by atoms with Crippen LogP contribution in [0.3, 0.4) is 0 Å². The van der Waals surface area contributed by atoms with Crippen LogP contribution < -0.4 is 5.63 Å². The molecule has 1 N–H and O–H groups in total. The molecule has 0 bridgehead atoms. The molecule has 18 heavy (non-hydrogen) atoms. The highest BCUT2D eigenvalue weighted by Crippen LogP contribution is 2.36. The molecule has 0 radical (unpaired) electrons. The van der Waals surface area contributed by atoms with E-state index in [9.17, 15) is 9.90 Å². The zero-order valence-corrected chi connectivity index (χ0v) is 11.2. The van der Waals surface area contributed by atoms with Gasteiger partial charge in [0.25, 0.3) is 0 Å². The molecule has 0 fully saturated rings. The summed E-state index contributed by atoms with van der Waals surface area (Å²) in [7, 11) is 3.80. The Hall–Kier alpha value is -1.52. The minimum absolute atomic E-state index is 0.0355. The van der Waals surface area contributed by atoms with Crippen molar-refractivity contribution < 1.29 is 9.52 Å². The molecule has 0 saturated carbocycles. The van der Waals surface area contributed by atoms with E-state index in [1.807, 2.05) is 25.9 Å². The van der Waals surface area contributed by atoms with Crippen molar-refractivity contribution in [2.24, 2.45) is 0 Å². The summed E-state index contributed by atoms with van der Waals surface area (Å²) in [6, 6.07) is 3.21. The molecule has 4 nitrogen and oxygen atoms in total. The number of aromatic hydroxyl groups is 1. The Labute approximate surface area is 109 Å². The third kappa shape index (κ3) is 2.21. The van der Waals surface area contributed by atoms with E-state index < -0.39 is 5.63 Å². The van der Waals surface area contributed by atoms with Crippen molar-refractivity contribution in [2.45, 2.75) is 13.5 Å². The van der Waals surface area contributed by atoms with Crippen molar-refractivity contribution in [1.29, 1.82) is 0 Å². The molecular weight excluding hydrogens is 254 g/mol. The second-order valence-electron chi connectivity index (χ2n) is 4.56. The summed E-state index contributed by atoms with van der Waals surface area (Å²) in [5.74, 6) is -0.0355. The van der Waals surface area contributed by atoms with E-state index in [-0.39, 0.29) is 16.4 Å². The minimum Gasteiger partial charge on any atom is -0.506 e. The number of hydrogen-bond donors (Lipinski definition) is 1. The number of benzene rings is 1. The summed E-state index contributed by atoms with van der Waals surface area (Å²) in [5.41, 5.74) is 1.25. The number of phenolic OH excluding ortho intramolecular Hbond substituents is 1. The summed E-state index contributed by atoms with van der Waals surface area (Å²) in [6.07, 6.45) is 0. The third-order valence-electron chi connectivity index (χ3n) is 2.72. The average Bonchev–Trinajstić information content (AvgIpc) is 2.26. The SMILES string of the molecule is Cc1cc(=O)oc2c(Cl)c(O)c(CN(C)C)cc12. The van der Waals surface area contributed by atoms with Crippen LogP contribution in [0, 0.1) is 6.92 Å². The van der Waals surface area contributed by atoms with Crippen LogP contribution in [0.1, 0.15) is 11.1 Å². The summed E-state index contributed by atoms with van der Waals surface area (Å²) in [4.78, 5) is 13.2. The van der Waals surface area contributed by atoms with Crippen molar-refractivity contribution in [1.82, 2.24) is 4.90 Å². The molecule has 0 amide bonds. The van der Waals surface area contributed by atoms with Gasteiger partial charge in [0.1, 0.15) is 10.8 Å². The highest BCUT2D eigenvalue weighted by atomic mass is 35.5. The van der Waals surface area contributed by atoms with Gasteiger partial charge in [0, 0.05) is 23.6 Å². The summed E-state index contributed by atoms with van der Waals surface area (Å²) in [5, 5.41) is 10.8. The lowest BCUT2D eigenvalue weighted by Crippen LogP contribution is -2.11. The first-order valence-electron chi connectivity index (χ1n) is 5.49. The van der Waals surface area contributed by atoms with Gasteiger partial charge < -0.3 is 14.4 Å². The van der Waals surface area contributed by atoms with Crippen LogP contribution in [-0.2, 0) is 6.54 Å². The van der Waals surface area contributed by atoms with Crippen molar-refractivity contribution in [3.8, 4) is 5.75 Å². The Morgan fingerprint density at radius 2 is 2.06 bits per heavy atom. The fraction of sp³-hybridized carbons (Fsp3) is 0.308. The quantitative estimate of drug-likeness (QED) is 0.850. The van der Waals surface area contributed by atoms with E-state index in [1.54, 1.807) is 6.07 Å². The Balaban J connectivity index is 2.79. The molecule has 0 saturated heterocycles. The van der Waals surface area contributed by atoms with Crippen LogP contribution in [0.2, 0.25) is 5.02 Å². The second kappa shape index (κ2) is 4.63. The van der Waals surface area contributed by atoms with E-state index in [0.29, 0.717) is 12.1 Å². The van der Waals surface area contributed by atoms with E-state index in [0.717, 1.165) is 10.9 Å². The first-order valence-corrected chi connectivity index (χ1v) is 5.87. The van der Waals surface area contributed by atoms with E-state index in [4.69, 9.17) is 16.0 Å². The monoisotopic (exact) mass is 267 g/mol. The predicted molar refractivity (Wildman–Crippen MR) is 71.3 cm³/mol. The zero-order valence-electron chi connectivity index (χ0n) is 10.5. The maximum absolute atomic E-state index is 11.3. The maximum atomic E-state index is 11.3. The maximum Gasteiger partial charge on any atom is 0.336 e. The number of fused-ring (bicyclic) bond motifs is 1. The number of phenols is 1. The Morgan fingerprint density at radius 1 is 1.39 bits per heavy atom. The smallest absolute Gasteiger partial charge is 0.336 e. The molecule has 0 aliphatic heterocycles. The van der Waals surface area contributed by atoms with Crippen molar-refractivity contribution in [2.75, 3.05) is 14.1 Å². The molecule has 0 spiro atoms. The standard InChI is InChI=1S/C13H14ClNO3/c1-7-4-10(16)18-13-9(7)5-8(6-15(2)3)12(17)11(13)14/h4-5,17H,6H2,1-3H3. The largest absolute Gasteiger partial charge is 0.506 e. The number of halogens is 1. The van der Waals surface area contributed by atoms with Crippen LogP contribution in [-0.4, -0.2) is 24.1 Å². The average molecular weight is 268 g/mol. The van der Waals surface area contributed by atoms with E-state index >= 15 is 0 Å². The van der Waals surface area contributed by atoms with Gasteiger partial charge in [0.2, 0.25) is 0 Å². The van der Waals surface area contributed by atoms with Crippen molar-refractivity contribution >= 4 is 22.6 Å². The molecule has 1 heterocycles. The van der Waals surface area contributed by atoms with Crippen LogP contribution in [0.15, 0.2) is 21.3 Å².